The molecule has 8 heteroatoms. The maximum absolute atomic E-state index is 13.8. The standard InChI is InChI=1S/C44H31BF3N3.Pt/c1-50-30-51(42-24-9-8-23-41(42)50)37-20-11-19-36(29-37)45(35-18-10-17-33(27-35)40-28-34(25-26-49-40)44(46,47)48)43-38(31-13-4-2-5-14-31)21-12-22-39(43)32-15-6-3-7-16-32;/h2-29H,1H3;. The number of imidazole rings is 1. The van der Waals surface area contributed by atoms with E-state index in [2.05, 4.69) is 132 Å². The van der Waals surface area contributed by atoms with Crippen molar-refractivity contribution in [1.29, 1.82) is 0 Å². The van der Waals surface area contributed by atoms with Crippen molar-refractivity contribution in [3.63, 3.8) is 0 Å². The van der Waals surface area contributed by atoms with Crippen molar-refractivity contribution in [3.05, 3.63) is 179 Å². The Bertz CT molecular complexity index is 2560. The fraction of sp³-hybridized carbons (Fsp3) is 0.0455. The number of hydrogen-bond donors (Lipinski definition) is 0. The van der Waals surface area contributed by atoms with Gasteiger partial charge in [-0.25, -0.2) is 0 Å². The first-order valence-corrected chi connectivity index (χ1v) is 18.0. The molecule has 0 atom stereocenters. The number of alkyl halides is 3. The summed E-state index contributed by atoms with van der Waals surface area (Å²) in [4.78, 5) is 4.39. The number of nitrogens with zero attached hydrogens (tertiary/aromatic N) is 3. The third-order valence-corrected chi connectivity index (χ3v) is 10.8. The summed E-state index contributed by atoms with van der Waals surface area (Å²) in [6, 6.07) is 54.0. The van der Waals surface area contributed by atoms with E-state index in [0.29, 0.717) is 5.56 Å². The second-order valence-corrected chi connectivity index (χ2v) is 13.7. The van der Waals surface area contributed by atoms with Crippen LogP contribution in [-0.4, -0.2) is 20.8 Å². The second-order valence-electron chi connectivity index (χ2n) is 12.7. The summed E-state index contributed by atoms with van der Waals surface area (Å²) in [5.74, 6) is 0. The Morgan fingerprint density at radius 2 is 1.13 bits per heavy atom. The molecule has 6 aromatic carbocycles. The Balaban J connectivity index is 1.42. The van der Waals surface area contributed by atoms with Crippen molar-refractivity contribution in [1.82, 2.24) is 14.1 Å². The van der Waals surface area contributed by atoms with Crippen molar-refractivity contribution in [2.45, 2.75) is 6.18 Å². The maximum atomic E-state index is 13.8. The molecule has 8 aromatic rings. The van der Waals surface area contributed by atoms with Gasteiger partial charge in [-0.2, -0.15) is 13.2 Å². The van der Waals surface area contributed by atoms with E-state index in [1.54, 1.807) is 0 Å². The van der Waals surface area contributed by atoms with Crippen molar-refractivity contribution >= 4 is 34.1 Å². The van der Waals surface area contributed by atoms with Crippen LogP contribution in [0.4, 0.5) is 13.2 Å². The van der Waals surface area contributed by atoms with Crippen molar-refractivity contribution < 1.29 is 32.5 Å². The number of hydrogen-bond acceptors (Lipinski definition) is 1. The Kier molecular flexibility index (Phi) is 8.98. The van der Waals surface area contributed by atoms with Crippen LogP contribution in [0.3, 0.4) is 0 Å². The molecular formula is C44H31BF3N3Pt. The number of benzene rings is 6. The first-order chi connectivity index (χ1) is 25.3. The molecule has 0 unspecified atom stereocenters. The van der Waals surface area contributed by atoms with Gasteiger partial charge in [-0.1, -0.05) is 0 Å². The van der Waals surface area contributed by atoms with Gasteiger partial charge < -0.3 is 0 Å². The summed E-state index contributed by atoms with van der Waals surface area (Å²) in [7, 11) is 2.07. The zero-order valence-corrected chi connectivity index (χ0v) is 30.3. The van der Waals surface area contributed by atoms with Crippen molar-refractivity contribution in [3.8, 4) is 39.2 Å². The van der Waals surface area contributed by atoms with E-state index in [4.69, 9.17) is 0 Å². The first-order valence-electron chi connectivity index (χ1n) is 16.9. The van der Waals surface area contributed by atoms with Crippen LogP contribution < -0.4 is 16.4 Å². The Labute approximate surface area is 311 Å². The average Bonchev–Trinajstić information content (AvgIpc) is 3.44. The number of aryl methyl sites for hydroxylation is 1. The van der Waals surface area contributed by atoms with E-state index in [1.807, 2.05) is 60.7 Å². The van der Waals surface area contributed by atoms with Gasteiger partial charge in [-0.05, 0) is 6.07 Å². The summed E-state index contributed by atoms with van der Waals surface area (Å²) in [5.41, 5.74) is 10.8. The number of aromatic nitrogens is 3. The minimum absolute atomic E-state index is 0.268. The van der Waals surface area contributed by atoms with E-state index >= 15 is 0 Å². The third-order valence-electron chi connectivity index (χ3n) is 9.54. The molecule has 0 bridgehead atoms. The van der Waals surface area contributed by atoms with E-state index in [9.17, 15) is 13.2 Å². The van der Waals surface area contributed by atoms with Crippen LogP contribution in [0, 0.1) is 3.80 Å². The molecule has 52 heavy (non-hydrogen) atoms. The zero-order chi connectivity index (χ0) is 35.8. The molecular weight excluding hydrogens is 833 g/mol. The van der Waals surface area contributed by atoms with Crippen molar-refractivity contribution in [2.75, 3.05) is 0 Å². The molecule has 0 saturated carbocycles. The zero-order valence-electron chi connectivity index (χ0n) is 28.0. The van der Waals surface area contributed by atoms with Gasteiger partial charge in [0.05, 0.1) is 0 Å². The van der Waals surface area contributed by atoms with Crippen molar-refractivity contribution in [2.24, 2.45) is 7.05 Å². The summed E-state index contributed by atoms with van der Waals surface area (Å²) < 4.78 is 47.0. The van der Waals surface area contributed by atoms with Gasteiger partial charge in [0.15, 0.2) is 0 Å². The van der Waals surface area contributed by atoms with E-state index in [-0.39, 0.29) is 12.4 Å². The van der Waals surface area contributed by atoms with Crippen LogP contribution in [0.25, 0.3) is 50.2 Å². The molecule has 0 amide bonds. The Morgan fingerprint density at radius 3 is 1.79 bits per heavy atom. The van der Waals surface area contributed by atoms with Crippen LogP contribution in [0.1, 0.15) is 5.56 Å². The van der Waals surface area contributed by atoms with Gasteiger partial charge in [0, 0.05) is 0 Å². The van der Waals surface area contributed by atoms with Crippen LogP contribution in [0.2, 0.25) is 0 Å². The second kappa shape index (κ2) is 13.9. The minimum atomic E-state index is -4.48. The molecule has 0 aliphatic heterocycles. The number of rotatable bonds is 7. The molecule has 0 spiro atoms. The molecule has 2 heterocycles. The SMILES string of the molecule is Cn1[c](=[Pt])n(-c2cccc(B(c3cccc(-c4cc(C(F)(F)F)ccn4)c3)c3c(-c4ccccc4)cccc3-c3ccccc3)c2)c2ccccc21. The molecule has 0 radical (unpaired) electrons. The number of halogens is 3. The van der Waals surface area contributed by atoms with Crippen LogP contribution >= 0.6 is 0 Å². The topological polar surface area (TPSA) is 22.8 Å². The summed E-state index contributed by atoms with van der Waals surface area (Å²) in [6.07, 6.45) is -3.25. The van der Waals surface area contributed by atoms with Gasteiger partial charge in [0.25, 0.3) is 0 Å². The number of pyridine rings is 1. The molecule has 3 nitrogen and oxygen atoms in total. The monoisotopic (exact) mass is 864 g/mol. The fourth-order valence-electron chi connectivity index (χ4n) is 7.14. The molecule has 0 aliphatic rings. The summed E-state index contributed by atoms with van der Waals surface area (Å²) >= 11 is 2.38. The van der Waals surface area contributed by atoms with Gasteiger partial charge in [0.2, 0.25) is 0 Å². The number of para-hydroxylation sites is 2. The third kappa shape index (κ3) is 6.31. The molecule has 256 valence electrons. The summed E-state index contributed by atoms with van der Waals surface area (Å²) in [5, 5.41) is 0. The molecule has 0 saturated heterocycles. The molecule has 2 aromatic heterocycles. The number of fused-ring (bicyclic) bond motifs is 1. The van der Waals surface area contributed by atoms with Gasteiger partial charge in [-0.15, -0.1) is 0 Å². The average molecular weight is 865 g/mol. The fourth-order valence-corrected chi connectivity index (χ4v) is 7.98. The Hall–Kier alpha value is -5.52. The van der Waals surface area contributed by atoms with Gasteiger partial charge in [-0.3, -0.25) is 0 Å². The van der Waals surface area contributed by atoms with Crippen LogP contribution in [-0.2, 0) is 32.6 Å². The van der Waals surface area contributed by atoms with E-state index < -0.39 is 11.7 Å². The molecule has 0 aliphatic carbocycles. The predicted molar refractivity (Wildman–Crippen MR) is 202 cm³/mol. The predicted octanol–water partition coefficient (Wildman–Crippen LogP) is 8.98. The van der Waals surface area contributed by atoms with Crippen LogP contribution in [0.5, 0.6) is 0 Å². The first kappa shape index (κ1) is 33.6. The molecule has 0 N–H and O–H groups in total. The van der Waals surface area contributed by atoms with Gasteiger partial charge in [0.1, 0.15) is 0 Å². The summed E-state index contributed by atoms with van der Waals surface area (Å²) in [6.45, 7) is -0.314. The van der Waals surface area contributed by atoms with E-state index in [0.717, 1.165) is 71.3 Å². The quantitative estimate of drug-likeness (QED) is 0.147. The van der Waals surface area contributed by atoms with Gasteiger partial charge >= 0.3 is 293 Å². The van der Waals surface area contributed by atoms with Crippen LogP contribution in [0.15, 0.2) is 170 Å². The van der Waals surface area contributed by atoms with E-state index in [1.165, 1.54) is 6.20 Å². The Morgan fingerprint density at radius 1 is 0.577 bits per heavy atom. The normalized spacial score (nSPS) is 11.6. The molecule has 0 fully saturated rings. The molecule has 8 rings (SSSR count).